The van der Waals surface area contributed by atoms with E-state index in [0.717, 1.165) is 16.1 Å². The highest BCUT2D eigenvalue weighted by molar-refractivity contribution is 8.00. The lowest BCUT2D eigenvalue weighted by molar-refractivity contribution is -0.115. The molecular weight excluding hydrogens is 374 g/mol. The summed E-state index contributed by atoms with van der Waals surface area (Å²) >= 11 is 1.29. The first kappa shape index (κ1) is 19.5. The van der Waals surface area contributed by atoms with Crippen molar-refractivity contribution in [1.29, 1.82) is 0 Å². The lowest BCUT2D eigenvalue weighted by Crippen LogP contribution is -2.30. The number of benzene rings is 2. The van der Waals surface area contributed by atoms with Crippen LogP contribution in [0.3, 0.4) is 0 Å². The molecule has 28 heavy (non-hydrogen) atoms. The molecule has 0 fully saturated rings. The van der Waals surface area contributed by atoms with Crippen LogP contribution < -0.4 is 16.4 Å². The van der Waals surface area contributed by atoms with Gasteiger partial charge >= 0.3 is 6.03 Å². The summed E-state index contributed by atoms with van der Waals surface area (Å²) in [5.41, 5.74) is 7.94. The van der Waals surface area contributed by atoms with E-state index in [0.29, 0.717) is 18.7 Å². The largest absolute Gasteiger partial charge is 0.369 e. The van der Waals surface area contributed by atoms with E-state index in [1.165, 1.54) is 11.8 Å². The molecule has 3 rings (SSSR count). The Morgan fingerprint density at radius 1 is 1.07 bits per heavy atom. The Morgan fingerprint density at radius 2 is 1.86 bits per heavy atom. The number of urea groups is 1. The predicted octanol–water partition coefficient (Wildman–Crippen LogP) is 2.81. The Kier molecular flexibility index (Phi) is 6.69. The number of aromatic nitrogens is 2. The van der Waals surface area contributed by atoms with Crippen LogP contribution in [0.2, 0.25) is 0 Å². The molecule has 144 valence electrons. The van der Waals surface area contributed by atoms with Crippen LogP contribution in [0.25, 0.3) is 5.69 Å². The minimum absolute atomic E-state index is 0.162. The molecule has 0 unspecified atom stereocenters. The molecule has 0 bridgehead atoms. The van der Waals surface area contributed by atoms with E-state index in [1.807, 2.05) is 54.7 Å². The van der Waals surface area contributed by atoms with Crippen molar-refractivity contribution in [1.82, 2.24) is 15.1 Å². The van der Waals surface area contributed by atoms with E-state index >= 15 is 0 Å². The minimum atomic E-state index is -0.400. The van der Waals surface area contributed by atoms with E-state index in [4.69, 9.17) is 5.73 Å². The second-order valence-electron chi connectivity index (χ2n) is 6.00. The molecular formula is C20H21N5O2S. The molecule has 4 N–H and O–H groups in total. The Balaban J connectivity index is 1.48. The van der Waals surface area contributed by atoms with Crippen molar-refractivity contribution in [2.24, 2.45) is 5.73 Å². The maximum atomic E-state index is 12.2. The number of nitrogens with one attached hydrogen (secondary N) is 2. The summed E-state index contributed by atoms with van der Waals surface area (Å²) in [6, 6.07) is 16.9. The van der Waals surface area contributed by atoms with Gasteiger partial charge in [0.15, 0.2) is 0 Å². The summed E-state index contributed by atoms with van der Waals surface area (Å²) < 4.78 is 1.79. The van der Waals surface area contributed by atoms with Crippen LogP contribution in [-0.4, -0.2) is 34.0 Å². The van der Waals surface area contributed by atoms with Crippen LogP contribution >= 0.6 is 11.8 Å². The molecule has 0 aliphatic heterocycles. The zero-order chi connectivity index (χ0) is 19.8. The molecule has 0 spiro atoms. The first-order valence-corrected chi connectivity index (χ1v) is 9.74. The first-order valence-electron chi connectivity index (χ1n) is 8.76. The van der Waals surface area contributed by atoms with Crippen molar-refractivity contribution in [3.05, 3.63) is 72.6 Å². The zero-order valence-corrected chi connectivity index (χ0v) is 16.0. The molecule has 7 nitrogen and oxygen atoms in total. The van der Waals surface area contributed by atoms with Gasteiger partial charge in [-0.2, -0.15) is 5.10 Å². The number of carbonyl (C=O) groups excluding carboxylic acids is 2. The Bertz CT molecular complexity index is 926. The van der Waals surface area contributed by atoms with Gasteiger partial charge in [-0.3, -0.25) is 4.79 Å². The van der Waals surface area contributed by atoms with Crippen molar-refractivity contribution in [3.63, 3.8) is 0 Å². The fraction of sp³-hybridized carbons (Fsp3) is 0.150. The SMILES string of the molecule is NC(=O)CSc1ccccc1NC(=O)NCCc1ccc(-n2cccn2)cc1. The molecule has 1 heterocycles. The van der Waals surface area contributed by atoms with E-state index in [2.05, 4.69) is 15.7 Å². The van der Waals surface area contributed by atoms with Crippen molar-refractivity contribution >= 4 is 29.4 Å². The number of para-hydroxylation sites is 1. The summed E-state index contributed by atoms with van der Waals surface area (Å²) in [5.74, 6) is -0.239. The third kappa shape index (κ3) is 5.62. The molecule has 3 amide bonds. The van der Waals surface area contributed by atoms with Gasteiger partial charge in [-0.05, 0) is 42.3 Å². The molecule has 0 saturated heterocycles. The summed E-state index contributed by atoms with van der Waals surface area (Å²) in [6.45, 7) is 0.504. The van der Waals surface area contributed by atoms with Gasteiger partial charge < -0.3 is 16.4 Å². The molecule has 1 aromatic heterocycles. The van der Waals surface area contributed by atoms with E-state index in [-0.39, 0.29) is 11.8 Å². The maximum absolute atomic E-state index is 12.2. The standard InChI is InChI=1S/C20H21N5O2S/c21-19(26)14-28-18-5-2-1-4-17(18)24-20(27)22-12-10-15-6-8-16(9-7-15)25-13-3-11-23-25/h1-9,11,13H,10,12,14H2,(H2,21,26)(H2,22,24,27). The van der Waals surface area contributed by atoms with E-state index in [1.54, 1.807) is 16.9 Å². The fourth-order valence-electron chi connectivity index (χ4n) is 2.57. The molecule has 0 aliphatic rings. The van der Waals surface area contributed by atoms with Gasteiger partial charge in [-0.1, -0.05) is 24.3 Å². The molecule has 3 aromatic rings. The van der Waals surface area contributed by atoms with Crippen LogP contribution in [-0.2, 0) is 11.2 Å². The highest BCUT2D eigenvalue weighted by Crippen LogP contribution is 2.26. The molecule has 0 aliphatic carbocycles. The third-order valence-corrected chi connectivity index (χ3v) is 5.01. The number of anilines is 1. The number of rotatable bonds is 8. The first-order chi connectivity index (χ1) is 13.6. The number of amides is 3. The lowest BCUT2D eigenvalue weighted by atomic mass is 10.1. The Morgan fingerprint density at radius 3 is 2.57 bits per heavy atom. The number of nitrogens with two attached hydrogens (primary N) is 1. The Labute approximate surface area is 167 Å². The quantitative estimate of drug-likeness (QED) is 0.510. The van der Waals surface area contributed by atoms with Crippen molar-refractivity contribution < 1.29 is 9.59 Å². The molecule has 0 saturated carbocycles. The summed E-state index contributed by atoms with van der Waals surface area (Å²) in [5, 5.41) is 9.85. The highest BCUT2D eigenvalue weighted by Gasteiger charge is 2.08. The van der Waals surface area contributed by atoms with E-state index < -0.39 is 5.91 Å². The molecule has 2 aromatic carbocycles. The number of carbonyl (C=O) groups is 2. The Hall–Kier alpha value is -3.26. The normalized spacial score (nSPS) is 10.4. The molecule has 0 atom stereocenters. The minimum Gasteiger partial charge on any atom is -0.369 e. The average Bonchev–Trinajstić information content (AvgIpc) is 3.22. The summed E-state index contributed by atoms with van der Waals surface area (Å²) in [4.78, 5) is 23.9. The second kappa shape index (κ2) is 9.61. The van der Waals surface area contributed by atoms with Gasteiger partial charge in [0.1, 0.15) is 0 Å². The smallest absolute Gasteiger partial charge is 0.319 e. The fourth-order valence-corrected chi connectivity index (χ4v) is 3.32. The third-order valence-electron chi connectivity index (χ3n) is 3.91. The van der Waals surface area contributed by atoms with Crippen molar-refractivity contribution in [3.8, 4) is 5.69 Å². The van der Waals surface area contributed by atoms with Gasteiger partial charge in [-0.15, -0.1) is 11.8 Å². The van der Waals surface area contributed by atoms with Gasteiger partial charge in [0, 0.05) is 23.8 Å². The molecule has 0 radical (unpaired) electrons. The van der Waals surface area contributed by atoms with Gasteiger partial charge in [-0.25, -0.2) is 9.48 Å². The predicted molar refractivity (Wildman–Crippen MR) is 111 cm³/mol. The van der Waals surface area contributed by atoms with Crippen LogP contribution in [0.5, 0.6) is 0 Å². The average molecular weight is 395 g/mol. The van der Waals surface area contributed by atoms with Crippen molar-refractivity contribution in [2.75, 3.05) is 17.6 Å². The topological polar surface area (TPSA) is 102 Å². The number of primary amides is 1. The van der Waals surface area contributed by atoms with Crippen LogP contribution in [0, 0.1) is 0 Å². The maximum Gasteiger partial charge on any atom is 0.319 e. The number of hydrogen-bond acceptors (Lipinski definition) is 4. The second-order valence-corrected chi connectivity index (χ2v) is 7.02. The highest BCUT2D eigenvalue weighted by atomic mass is 32.2. The summed E-state index contributed by atoms with van der Waals surface area (Å²) in [6.07, 6.45) is 4.34. The van der Waals surface area contributed by atoms with E-state index in [9.17, 15) is 9.59 Å². The van der Waals surface area contributed by atoms with Crippen LogP contribution in [0.1, 0.15) is 5.56 Å². The number of hydrogen-bond donors (Lipinski definition) is 3. The van der Waals surface area contributed by atoms with Gasteiger partial charge in [0.05, 0.1) is 17.1 Å². The number of thioether (sulfide) groups is 1. The van der Waals surface area contributed by atoms with Crippen LogP contribution in [0.15, 0.2) is 71.9 Å². The van der Waals surface area contributed by atoms with Gasteiger partial charge in [0.2, 0.25) is 5.91 Å². The monoisotopic (exact) mass is 395 g/mol. The molecule has 8 heteroatoms. The van der Waals surface area contributed by atoms with Gasteiger partial charge in [0.25, 0.3) is 0 Å². The lowest BCUT2D eigenvalue weighted by Gasteiger charge is -2.11. The van der Waals surface area contributed by atoms with Crippen molar-refractivity contribution in [2.45, 2.75) is 11.3 Å². The summed E-state index contributed by atoms with van der Waals surface area (Å²) in [7, 11) is 0. The number of nitrogens with zero attached hydrogens (tertiary/aromatic N) is 2. The van der Waals surface area contributed by atoms with Crippen LogP contribution in [0.4, 0.5) is 10.5 Å². The zero-order valence-electron chi connectivity index (χ0n) is 15.2.